The first kappa shape index (κ1) is 20.2. The van der Waals surface area contributed by atoms with Gasteiger partial charge in [0.25, 0.3) is 0 Å². The number of Topliss-reactive ketones (excluding diaryl/α,β-unsaturated/α-hetero) is 1. The van der Waals surface area contributed by atoms with E-state index < -0.39 is 22.1 Å². The van der Waals surface area contributed by atoms with E-state index in [2.05, 4.69) is 4.72 Å². The number of nitrogens with one attached hydrogen (secondary N) is 1. The highest BCUT2D eigenvalue weighted by Gasteiger charge is 2.29. The van der Waals surface area contributed by atoms with Gasteiger partial charge in [-0.3, -0.25) is 4.79 Å². The highest BCUT2D eigenvalue weighted by Crippen LogP contribution is 2.24. The standard InChI is InChI=1S/C21H23NO5S/c1-13-4-7-16(8-5-13)20(23)15(3)27-21(24)19-12-18(11-6-14(19)2)28(25,26)22-17-9-10-17/h4-8,11-12,15,17,22H,9-10H2,1-3H3. The van der Waals surface area contributed by atoms with Crippen molar-refractivity contribution < 1.29 is 22.7 Å². The Kier molecular flexibility index (Phi) is 5.67. The molecule has 0 amide bonds. The number of aryl methyl sites for hydroxylation is 2. The van der Waals surface area contributed by atoms with E-state index in [1.807, 2.05) is 19.1 Å². The first-order chi connectivity index (χ1) is 13.2. The maximum atomic E-state index is 12.6. The van der Waals surface area contributed by atoms with Gasteiger partial charge in [-0.15, -0.1) is 0 Å². The molecular formula is C21H23NO5S. The summed E-state index contributed by atoms with van der Waals surface area (Å²) in [5.41, 5.74) is 2.18. The van der Waals surface area contributed by atoms with Gasteiger partial charge in [0.2, 0.25) is 15.8 Å². The maximum Gasteiger partial charge on any atom is 0.339 e. The lowest BCUT2D eigenvalue weighted by atomic mass is 10.1. The number of hydrogen-bond acceptors (Lipinski definition) is 5. The fourth-order valence-electron chi connectivity index (χ4n) is 2.71. The van der Waals surface area contributed by atoms with Crippen LogP contribution in [0.3, 0.4) is 0 Å². The van der Waals surface area contributed by atoms with Crippen molar-refractivity contribution in [3.05, 3.63) is 64.7 Å². The van der Waals surface area contributed by atoms with E-state index in [1.165, 1.54) is 19.1 Å². The summed E-state index contributed by atoms with van der Waals surface area (Å²) in [6.45, 7) is 5.11. The van der Waals surface area contributed by atoms with Crippen molar-refractivity contribution in [3.8, 4) is 0 Å². The number of carbonyl (C=O) groups is 2. The molecule has 148 valence electrons. The maximum absolute atomic E-state index is 12.6. The molecule has 1 saturated carbocycles. The van der Waals surface area contributed by atoms with Gasteiger partial charge in [0, 0.05) is 11.6 Å². The molecule has 0 aromatic heterocycles. The number of hydrogen-bond donors (Lipinski definition) is 1. The van der Waals surface area contributed by atoms with E-state index in [1.54, 1.807) is 25.1 Å². The van der Waals surface area contributed by atoms with E-state index in [9.17, 15) is 18.0 Å². The Bertz CT molecular complexity index is 1010. The number of esters is 1. The third kappa shape index (κ3) is 4.66. The van der Waals surface area contributed by atoms with E-state index in [0.717, 1.165) is 18.4 Å². The molecule has 0 saturated heterocycles. The molecule has 0 spiro atoms. The monoisotopic (exact) mass is 401 g/mol. The minimum Gasteiger partial charge on any atom is -0.451 e. The second-order valence-electron chi connectivity index (χ2n) is 7.15. The number of sulfonamides is 1. The lowest BCUT2D eigenvalue weighted by Gasteiger charge is -2.14. The van der Waals surface area contributed by atoms with Crippen LogP contribution >= 0.6 is 0 Å². The van der Waals surface area contributed by atoms with Crippen LogP contribution in [-0.2, 0) is 14.8 Å². The van der Waals surface area contributed by atoms with Crippen molar-refractivity contribution in [2.75, 3.05) is 0 Å². The largest absolute Gasteiger partial charge is 0.451 e. The van der Waals surface area contributed by atoms with Gasteiger partial charge >= 0.3 is 5.97 Å². The molecule has 1 fully saturated rings. The summed E-state index contributed by atoms with van der Waals surface area (Å²) in [6.07, 6.45) is 0.650. The molecule has 2 aromatic rings. The molecule has 1 atom stereocenters. The van der Waals surface area contributed by atoms with Crippen molar-refractivity contribution in [3.63, 3.8) is 0 Å². The van der Waals surface area contributed by atoms with Crippen LogP contribution in [0.1, 0.15) is 51.6 Å². The van der Waals surface area contributed by atoms with Crippen molar-refractivity contribution >= 4 is 21.8 Å². The molecule has 1 aliphatic carbocycles. The van der Waals surface area contributed by atoms with E-state index in [-0.39, 0.29) is 22.3 Å². The Balaban J connectivity index is 1.77. The first-order valence-electron chi connectivity index (χ1n) is 9.12. The van der Waals surface area contributed by atoms with Gasteiger partial charge in [0.15, 0.2) is 6.10 Å². The van der Waals surface area contributed by atoms with Crippen molar-refractivity contribution in [2.45, 2.75) is 50.7 Å². The zero-order valence-electron chi connectivity index (χ0n) is 16.1. The van der Waals surface area contributed by atoms with Gasteiger partial charge in [0.1, 0.15) is 0 Å². The molecule has 0 radical (unpaired) electrons. The van der Waals surface area contributed by atoms with Crippen molar-refractivity contribution in [1.82, 2.24) is 4.72 Å². The predicted octanol–water partition coefficient (Wildman–Crippen LogP) is 3.17. The molecule has 0 bridgehead atoms. The predicted molar refractivity (Wildman–Crippen MR) is 105 cm³/mol. The van der Waals surface area contributed by atoms with Gasteiger partial charge < -0.3 is 4.74 Å². The smallest absolute Gasteiger partial charge is 0.339 e. The highest BCUT2D eigenvalue weighted by atomic mass is 32.2. The SMILES string of the molecule is Cc1ccc(C(=O)C(C)OC(=O)c2cc(S(=O)(=O)NC3CC3)ccc2C)cc1. The highest BCUT2D eigenvalue weighted by molar-refractivity contribution is 7.89. The summed E-state index contributed by atoms with van der Waals surface area (Å²) in [5.74, 6) is -1.04. The number of ketones is 1. The normalized spacial score (nSPS) is 15.1. The van der Waals surface area contributed by atoms with E-state index in [4.69, 9.17) is 4.74 Å². The zero-order chi connectivity index (χ0) is 20.5. The lowest BCUT2D eigenvalue weighted by Crippen LogP contribution is -2.27. The fourth-order valence-corrected chi connectivity index (χ4v) is 4.04. The zero-order valence-corrected chi connectivity index (χ0v) is 16.9. The van der Waals surface area contributed by atoms with Gasteiger partial charge in [-0.05, 0) is 51.3 Å². The average molecular weight is 401 g/mol. The van der Waals surface area contributed by atoms with Crippen molar-refractivity contribution in [1.29, 1.82) is 0 Å². The summed E-state index contributed by atoms with van der Waals surface area (Å²) in [4.78, 5) is 25.1. The van der Waals surface area contributed by atoms with Crippen molar-refractivity contribution in [2.24, 2.45) is 0 Å². The Morgan fingerprint density at radius 3 is 2.32 bits per heavy atom. The van der Waals surface area contributed by atoms with Gasteiger partial charge in [-0.1, -0.05) is 35.9 Å². The Morgan fingerprint density at radius 1 is 1.07 bits per heavy atom. The fraction of sp³-hybridized carbons (Fsp3) is 0.333. The van der Waals surface area contributed by atoms with E-state index in [0.29, 0.717) is 11.1 Å². The first-order valence-corrected chi connectivity index (χ1v) is 10.6. The Hall–Kier alpha value is -2.51. The molecule has 7 heteroatoms. The average Bonchev–Trinajstić information content (AvgIpc) is 3.45. The molecule has 3 rings (SSSR count). The third-order valence-corrected chi connectivity index (χ3v) is 6.15. The Labute approximate surface area is 165 Å². The molecule has 1 aliphatic rings. The van der Waals surface area contributed by atoms with Crippen LogP contribution in [-0.4, -0.2) is 32.3 Å². The second kappa shape index (κ2) is 7.85. The molecule has 28 heavy (non-hydrogen) atoms. The number of ether oxygens (including phenoxy) is 1. The van der Waals surface area contributed by atoms with Crippen LogP contribution in [0.4, 0.5) is 0 Å². The van der Waals surface area contributed by atoms with E-state index >= 15 is 0 Å². The molecule has 0 aliphatic heterocycles. The summed E-state index contributed by atoms with van der Waals surface area (Å²) < 4.78 is 32.7. The molecule has 1 unspecified atom stereocenters. The number of carbonyl (C=O) groups excluding carboxylic acids is 2. The van der Waals surface area contributed by atoms with Crippen LogP contribution in [0.15, 0.2) is 47.4 Å². The number of rotatable bonds is 7. The molecule has 6 nitrogen and oxygen atoms in total. The van der Waals surface area contributed by atoms with Crippen LogP contribution in [0.25, 0.3) is 0 Å². The lowest BCUT2D eigenvalue weighted by molar-refractivity contribution is 0.0318. The molecule has 0 heterocycles. The summed E-state index contributed by atoms with van der Waals surface area (Å²) in [7, 11) is -3.69. The van der Waals surface area contributed by atoms with Gasteiger partial charge in [-0.25, -0.2) is 17.9 Å². The summed E-state index contributed by atoms with van der Waals surface area (Å²) >= 11 is 0. The second-order valence-corrected chi connectivity index (χ2v) is 8.86. The van der Waals surface area contributed by atoms with Crippen LogP contribution in [0.5, 0.6) is 0 Å². The van der Waals surface area contributed by atoms with Gasteiger partial charge in [0.05, 0.1) is 10.5 Å². The van der Waals surface area contributed by atoms with Gasteiger partial charge in [-0.2, -0.15) is 0 Å². The minimum atomic E-state index is -3.69. The van der Waals surface area contributed by atoms with Crippen LogP contribution in [0, 0.1) is 13.8 Å². The molecule has 2 aromatic carbocycles. The minimum absolute atomic E-state index is 0.00876. The number of benzene rings is 2. The quantitative estimate of drug-likeness (QED) is 0.569. The molecule has 1 N–H and O–H groups in total. The van der Waals surface area contributed by atoms with Crippen LogP contribution < -0.4 is 4.72 Å². The van der Waals surface area contributed by atoms with Crippen LogP contribution in [0.2, 0.25) is 0 Å². The summed E-state index contributed by atoms with van der Waals surface area (Å²) in [5, 5.41) is 0. The Morgan fingerprint density at radius 2 is 1.71 bits per heavy atom. The third-order valence-electron chi connectivity index (χ3n) is 4.63. The summed E-state index contributed by atoms with van der Waals surface area (Å²) in [6, 6.07) is 11.3. The molecular weight excluding hydrogens is 378 g/mol. The topological polar surface area (TPSA) is 89.5 Å².